The molecular formula is C15H17ClN4O2. The molecule has 0 unspecified atom stereocenters. The Morgan fingerprint density at radius 2 is 2.09 bits per heavy atom. The average molecular weight is 321 g/mol. The van der Waals surface area contributed by atoms with Crippen LogP contribution in [0.2, 0.25) is 5.02 Å². The van der Waals surface area contributed by atoms with Gasteiger partial charge in [0.25, 0.3) is 5.91 Å². The first-order valence-corrected chi connectivity index (χ1v) is 7.29. The van der Waals surface area contributed by atoms with Crippen molar-refractivity contribution in [1.82, 2.24) is 20.4 Å². The van der Waals surface area contributed by atoms with Gasteiger partial charge in [-0.15, -0.1) is 0 Å². The Hall–Kier alpha value is -2.34. The van der Waals surface area contributed by atoms with Crippen LogP contribution in [-0.4, -0.2) is 34.2 Å². The highest BCUT2D eigenvalue weighted by molar-refractivity contribution is 6.32. The second-order valence-electron chi connectivity index (χ2n) is 4.71. The van der Waals surface area contributed by atoms with E-state index in [-0.39, 0.29) is 11.8 Å². The maximum absolute atomic E-state index is 12.1. The van der Waals surface area contributed by atoms with Crippen LogP contribution in [0, 0.1) is 0 Å². The monoisotopic (exact) mass is 320 g/mol. The Morgan fingerprint density at radius 1 is 1.36 bits per heavy atom. The van der Waals surface area contributed by atoms with Crippen molar-refractivity contribution in [2.75, 3.05) is 6.54 Å². The van der Waals surface area contributed by atoms with E-state index in [0.29, 0.717) is 22.8 Å². The Morgan fingerprint density at radius 3 is 2.77 bits per heavy atom. The van der Waals surface area contributed by atoms with Crippen LogP contribution in [0.4, 0.5) is 0 Å². The summed E-state index contributed by atoms with van der Waals surface area (Å²) in [6, 6.07) is 6.58. The minimum absolute atomic E-state index is 0.227. The molecule has 0 saturated heterocycles. The number of hydrogen-bond acceptors (Lipinski definition) is 3. The Kier molecular flexibility index (Phi) is 5.16. The average Bonchev–Trinajstić information content (AvgIpc) is 2.97. The number of likely N-dealkylation sites (N-methyl/N-ethyl adjacent to an activating group) is 1. The van der Waals surface area contributed by atoms with Gasteiger partial charge in [-0.2, -0.15) is 5.10 Å². The van der Waals surface area contributed by atoms with Crippen molar-refractivity contribution in [3.05, 3.63) is 47.2 Å². The van der Waals surface area contributed by atoms with Gasteiger partial charge in [-0.1, -0.05) is 23.7 Å². The molecule has 6 nitrogen and oxygen atoms in total. The molecule has 0 aliphatic carbocycles. The van der Waals surface area contributed by atoms with Gasteiger partial charge in [-0.05, 0) is 26.0 Å². The summed E-state index contributed by atoms with van der Waals surface area (Å²) < 4.78 is 1.52. The summed E-state index contributed by atoms with van der Waals surface area (Å²) >= 11 is 6.09. The molecule has 0 aliphatic heterocycles. The van der Waals surface area contributed by atoms with Gasteiger partial charge in [0.15, 0.2) is 0 Å². The van der Waals surface area contributed by atoms with E-state index in [1.165, 1.54) is 10.9 Å². The van der Waals surface area contributed by atoms with Crippen LogP contribution in [-0.2, 0) is 4.79 Å². The van der Waals surface area contributed by atoms with Crippen LogP contribution >= 0.6 is 11.6 Å². The molecule has 0 fully saturated rings. The molecule has 0 radical (unpaired) electrons. The second-order valence-corrected chi connectivity index (χ2v) is 5.12. The van der Waals surface area contributed by atoms with E-state index in [1.807, 2.05) is 19.1 Å². The molecule has 1 heterocycles. The lowest BCUT2D eigenvalue weighted by Gasteiger charge is -2.12. The molecule has 2 amide bonds. The van der Waals surface area contributed by atoms with E-state index >= 15 is 0 Å². The molecule has 2 rings (SSSR count). The molecule has 0 bridgehead atoms. The molecule has 7 heteroatoms. The fourth-order valence-corrected chi connectivity index (χ4v) is 2.10. The smallest absolute Gasteiger partial charge is 0.255 e. The van der Waals surface area contributed by atoms with Gasteiger partial charge < -0.3 is 10.6 Å². The molecule has 0 saturated carbocycles. The third-order valence-electron chi connectivity index (χ3n) is 3.04. The number of benzene rings is 1. The third-order valence-corrected chi connectivity index (χ3v) is 3.36. The molecule has 116 valence electrons. The summed E-state index contributed by atoms with van der Waals surface area (Å²) in [5.41, 5.74) is 1.04. The van der Waals surface area contributed by atoms with Crippen molar-refractivity contribution >= 4 is 23.4 Å². The summed E-state index contributed by atoms with van der Waals surface area (Å²) in [4.78, 5) is 23.7. The van der Waals surface area contributed by atoms with Crippen molar-refractivity contribution in [2.24, 2.45) is 0 Å². The van der Waals surface area contributed by atoms with E-state index < -0.39 is 6.04 Å². The predicted molar refractivity (Wildman–Crippen MR) is 84.2 cm³/mol. The maximum atomic E-state index is 12.1. The Balaban J connectivity index is 2.10. The zero-order valence-corrected chi connectivity index (χ0v) is 13.1. The minimum atomic E-state index is -0.615. The lowest BCUT2D eigenvalue weighted by atomic mass is 10.2. The number of hydrogen-bond donors (Lipinski definition) is 2. The van der Waals surface area contributed by atoms with Crippen LogP contribution in [0.15, 0.2) is 36.7 Å². The molecular weight excluding hydrogens is 304 g/mol. The first kappa shape index (κ1) is 16.0. The molecule has 0 aliphatic rings. The summed E-state index contributed by atoms with van der Waals surface area (Å²) in [7, 11) is 0. The molecule has 0 spiro atoms. The predicted octanol–water partition coefficient (Wildman–Crippen LogP) is 1.78. The second kappa shape index (κ2) is 7.09. The van der Waals surface area contributed by atoms with E-state index in [1.54, 1.807) is 25.3 Å². The van der Waals surface area contributed by atoms with Gasteiger partial charge in [0, 0.05) is 12.7 Å². The van der Waals surface area contributed by atoms with Crippen molar-refractivity contribution in [1.29, 1.82) is 0 Å². The maximum Gasteiger partial charge on any atom is 0.255 e. The fourth-order valence-electron chi connectivity index (χ4n) is 1.88. The lowest BCUT2D eigenvalue weighted by Crippen LogP contribution is -2.44. The largest absolute Gasteiger partial charge is 0.355 e. The highest BCUT2D eigenvalue weighted by atomic mass is 35.5. The third kappa shape index (κ3) is 3.65. The Bertz CT molecular complexity index is 684. The van der Waals surface area contributed by atoms with Crippen LogP contribution < -0.4 is 10.6 Å². The number of rotatable bonds is 5. The summed E-state index contributed by atoms with van der Waals surface area (Å²) in [5, 5.41) is 9.93. The van der Waals surface area contributed by atoms with Gasteiger partial charge in [-0.25, -0.2) is 4.68 Å². The first-order chi connectivity index (χ1) is 10.5. The zero-order chi connectivity index (χ0) is 16.1. The molecule has 1 aromatic carbocycles. The first-order valence-electron chi connectivity index (χ1n) is 6.91. The highest BCUT2D eigenvalue weighted by Gasteiger charge is 2.17. The van der Waals surface area contributed by atoms with Crippen LogP contribution in [0.3, 0.4) is 0 Å². The summed E-state index contributed by atoms with van der Waals surface area (Å²) in [5.74, 6) is -0.591. The number of para-hydroxylation sites is 1. The van der Waals surface area contributed by atoms with Crippen LogP contribution in [0.1, 0.15) is 24.2 Å². The van der Waals surface area contributed by atoms with Gasteiger partial charge in [0.1, 0.15) is 6.04 Å². The quantitative estimate of drug-likeness (QED) is 0.881. The minimum Gasteiger partial charge on any atom is -0.355 e. The van der Waals surface area contributed by atoms with E-state index in [2.05, 4.69) is 15.7 Å². The van der Waals surface area contributed by atoms with E-state index in [4.69, 9.17) is 11.6 Å². The number of amides is 2. The number of halogens is 1. The van der Waals surface area contributed by atoms with Gasteiger partial charge in [0.2, 0.25) is 5.91 Å². The standard InChI is InChI=1S/C15H17ClN4O2/c1-3-17-14(21)10(2)19-15(22)11-8-18-20(9-11)13-7-5-4-6-12(13)16/h4-10H,3H2,1-2H3,(H,17,21)(H,19,22)/t10-/m1/s1. The van der Waals surface area contributed by atoms with E-state index in [9.17, 15) is 9.59 Å². The normalized spacial score (nSPS) is 11.8. The van der Waals surface area contributed by atoms with Gasteiger partial charge >= 0.3 is 0 Å². The van der Waals surface area contributed by atoms with Gasteiger partial charge in [-0.3, -0.25) is 9.59 Å². The number of nitrogens with zero attached hydrogens (tertiary/aromatic N) is 2. The van der Waals surface area contributed by atoms with Crippen molar-refractivity contribution < 1.29 is 9.59 Å². The topological polar surface area (TPSA) is 76.0 Å². The molecule has 2 N–H and O–H groups in total. The molecule has 1 atom stereocenters. The molecule has 22 heavy (non-hydrogen) atoms. The van der Waals surface area contributed by atoms with Crippen LogP contribution in [0.5, 0.6) is 0 Å². The number of nitrogens with one attached hydrogen (secondary N) is 2. The molecule has 2 aromatic rings. The zero-order valence-electron chi connectivity index (χ0n) is 12.3. The highest BCUT2D eigenvalue weighted by Crippen LogP contribution is 2.19. The summed E-state index contributed by atoms with van der Waals surface area (Å²) in [6.45, 7) is 3.96. The Labute approximate surface area is 133 Å². The van der Waals surface area contributed by atoms with Gasteiger partial charge in [0.05, 0.1) is 22.5 Å². The number of carbonyl (C=O) groups excluding carboxylic acids is 2. The van der Waals surface area contributed by atoms with Crippen LogP contribution in [0.25, 0.3) is 5.69 Å². The molecule has 1 aromatic heterocycles. The summed E-state index contributed by atoms with van der Waals surface area (Å²) in [6.07, 6.45) is 3.00. The number of carbonyl (C=O) groups is 2. The van der Waals surface area contributed by atoms with Crippen molar-refractivity contribution in [2.45, 2.75) is 19.9 Å². The van der Waals surface area contributed by atoms with Crippen molar-refractivity contribution in [3.63, 3.8) is 0 Å². The number of aromatic nitrogens is 2. The van der Waals surface area contributed by atoms with E-state index in [0.717, 1.165) is 0 Å². The van der Waals surface area contributed by atoms with Crippen molar-refractivity contribution in [3.8, 4) is 5.69 Å². The fraction of sp³-hybridized carbons (Fsp3) is 0.267. The SMILES string of the molecule is CCNC(=O)[C@@H](C)NC(=O)c1cnn(-c2ccccc2Cl)c1. The lowest BCUT2D eigenvalue weighted by molar-refractivity contribution is -0.122.